The van der Waals surface area contributed by atoms with Gasteiger partial charge < -0.3 is 9.47 Å². The second kappa shape index (κ2) is 4.19. The zero-order valence-electron chi connectivity index (χ0n) is 9.53. The Hall–Kier alpha value is -0.0800. The molecule has 1 aliphatic carbocycles. The van der Waals surface area contributed by atoms with Crippen molar-refractivity contribution in [1.82, 2.24) is 0 Å². The summed E-state index contributed by atoms with van der Waals surface area (Å²) in [6.07, 6.45) is 6.47. The van der Waals surface area contributed by atoms with E-state index in [1.807, 2.05) is 0 Å². The van der Waals surface area contributed by atoms with Gasteiger partial charge in [-0.05, 0) is 31.6 Å². The third-order valence-corrected chi connectivity index (χ3v) is 3.54. The molecule has 82 valence electrons. The molecule has 2 rings (SSSR count). The summed E-state index contributed by atoms with van der Waals surface area (Å²) in [5.41, 5.74) is 0. The maximum atomic E-state index is 6.09. The first-order valence-corrected chi connectivity index (χ1v) is 6.05. The molecular formula is C12H22O2. The van der Waals surface area contributed by atoms with Gasteiger partial charge in [0, 0.05) is 0 Å². The molecule has 1 aliphatic heterocycles. The van der Waals surface area contributed by atoms with Gasteiger partial charge in [-0.25, -0.2) is 0 Å². The first kappa shape index (κ1) is 10.4. The fraction of sp³-hybridized carbons (Fsp3) is 1.00. The van der Waals surface area contributed by atoms with Crippen LogP contribution in [0.5, 0.6) is 0 Å². The average Bonchev–Trinajstić information content (AvgIpc) is 2.92. The van der Waals surface area contributed by atoms with E-state index < -0.39 is 0 Å². The minimum Gasteiger partial charge on any atom is -0.372 e. The second-order valence-corrected chi connectivity index (χ2v) is 4.83. The summed E-state index contributed by atoms with van der Waals surface area (Å²) < 4.78 is 11.7. The van der Waals surface area contributed by atoms with Crippen molar-refractivity contribution in [3.8, 4) is 0 Å². The number of epoxide rings is 1. The molecule has 1 heterocycles. The highest BCUT2D eigenvalue weighted by Crippen LogP contribution is 2.41. The fourth-order valence-electron chi connectivity index (χ4n) is 2.56. The van der Waals surface area contributed by atoms with Gasteiger partial charge in [-0.2, -0.15) is 0 Å². The molecule has 0 N–H and O–H groups in total. The largest absolute Gasteiger partial charge is 0.372 e. The lowest BCUT2D eigenvalue weighted by molar-refractivity contribution is -0.0415. The zero-order valence-corrected chi connectivity index (χ0v) is 9.53. The Labute approximate surface area is 87.0 Å². The topological polar surface area (TPSA) is 21.8 Å². The van der Waals surface area contributed by atoms with E-state index >= 15 is 0 Å². The molecule has 0 amide bonds. The van der Waals surface area contributed by atoms with Crippen LogP contribution >= 0.6 is 0 Å². The van der Waals surface area contributed by atoms with Crippen LogP contribution in [-0.4, -0.2) is 24.4 Å². The molecule has 0 aromatic rings. The highest BCUT2D eigenvalue weighted by Gasteiger charge is 2.50. The van der Waals surface area contributed by atoms with Crippen LogP contribution in [-0.2, 0) is 9.47 Å². The SMILES string of the molecule is CCC(CC)O[C@@H]1CC(C)C[C@@H]2O[C@@H]21. The lowest BCUT2D eigenvalue weighted by Gasteiger charge is -2.27. The van der Waals surface area contributed by atoms with E-state index in [-0.39, 0.29) is 0 Å². The molecule has 14 heavy (non-hydrogen) atoms. The van der Waals surface area contributed by atoms with Crippen LogP contribution in [0.4, 0.5) is 0 Å². The smallest absolute Gasteiger partial charge is 0.110 e. The summed E-state index contributed by atoms with van der Waals surface area (Å²) in [7, 11) is 0. The van der Waals surface area contributed by atoms with Gasteiger partial charge in [-0.1, -0.05) is 20.8 Å². The number of fused-ring (bicyclic) bond motifs is 1. The van der Waals surface area contributed by atoms with Gasteiger partial charge in [0.15, 0.2) is 0 Å². The van der Waals surface area contributed by atoms with Crippen LogP contribution in [0.25, 0.3) is 0 Å². The summed E-state index contributed by atoms with van der Waals surface area (Å²) in [6.45, 7) is 6.71. The third-order valence-electron chi connectivity index (χ3n) is 3.54. The van der Waals surface area contributed by atoms with Crippen molar-refractivity contribution in [2.24, 2.45) is 5.92 Å². The first-order valence-electron chi connectivity index (χ1n) is 6.05. The van der Waals surface area contributed by atoms with E-state index in [2.05, 4.69) is 20.8 Å². The molecule has 4 atom stereocenters. The van der Waals surface area contributed by atoms with Crippen LogP contribution in [0.2, 0.25) is 0 Å². The highest BCUT2D eigenvalue weighted by molar-refractivity contribution is 4.98. The number of hydrogen-bond acceptors (Lipinski definition) is 2. The van der Waals surface area contributed by atoms with E-state index in [0.29, 0.717) is 24.4 Å². The molecule has 2 nitrogen and oxygen atoms in total. The van der Waals surface area contributed by atoms with Crippen molar-refractivity contribution in [3.63, 3.8) is 0 Å². The Morgan fingerprint density at radius 1 is 1.29 bits per heavy atom. The van der Waals surface area contributed by atoms with Gasteiger partial charge >= 0.3 is 0 Å². The van der Waals surface area contributed by atoms with Crippen LogP contribution in [0.1, 0.15) is 46.5 Å². The van der Waals surface area contributed by atoms with Gasteiger partial charge in [0.1, 0.15) is 6.10 Å². The van der Waals surface area contributed by atoms with E-state index in [9.17, 15) is 0 Å². The fourth-order valence-corrected chi connectivity index (χ4v) is 2.56. The summed E-state index contributed by atoms with van der Waals surface area (Å²) in [4.78, 5) is 0. The monoisotopic (exact) mass is 198 g/mol. The maximum Gasteiger partial charge on any atom is 0.110 e. The maximum absolute atomic E-state index is 6.09. The molecule has 0 aromatic heterocycles. The van der Waals surface area contributed by atoms with Crippen molar-refractivity contribution in [2.45, 2.75) is 70.9 Å². The second-order valence-electron chi connectivity index (χ2n) is 4.83. The number of rotatable bonds is 4. The molecule has 2 aliphatic rings. The Balaban J connectivity index is 1.84. The Bertz CT molecular complexity index is 189. The number of ether oxygens (including phenoxy) is 2. The van der Waals surface area contributed by atoms with Gasteiger partial charge in [-0.15, -0.1) is 0 Å². The molecule has 0 bridgehead atoms. The van der Waals surface area contributed by atoms with E-state index in [1.54, 1.807) is 0 Å². The Kier molecular flexibility index (Phi) is 3.13. The lowest BCUT2D eigenvalue weighted by Crippen LogP contribution is -2.32. The predicted octanol–water partition coefficient (Wildman–Crippen LogP) is 2.76. The zero-order chi connectivity index (χ0) is 10.1. The van der Waals surface area contributed by atoms with Gasteiger partial charge in [-0.3, -0.25) is 0 Å². The molecule has 1 saturated carbocycles. The molecule has 0 spiro atoms. The molecule has 2 fully saturated rings. The van der Waals surface area contributed by atoms with Crippen molar-refractivity contribution in [2.75, 3.05) is 0 Å². The minimum absolute atomic E-state index is 0.383. The predicted molar refractivity (Wildman–Crippen MR) is 56.3 cm³/mol. The van der Waals surface area contributed by atoms with Crippen LogP contribution in [0.15, 0.2) is 0 Å². The minimum atomic E-state index is 0.383. The van der Waals surface area contributed by atoms with E-state index in [1.165, 1.54) is 12.8 Å². The van der Waals surface area contributed by atoms with Gasteiger partial charge in [0.25, 0.3) is 0 Å². The Morgan fingerprint density at radius 2 is 2.00 bits per heavy atom. The molecule has 1 saturated heterocycles. The standard InChI is InChI=1S/C12H22O2/c1-4-9(5-2)13-10-6-8(3)7-11-12(10)14-11/h8-12H,4-7H2,1-3H3/t8?,10-,11+,12-/m1/s1. The summed E-state index contributed by atoms with van der Waals surface area (Å²) >= 11 is 0. The Morgan fingerprint density at radius 3 is 2.64 bits per heavy atom. The molecule has 2 heteroatoms. The summed E-state index contributed by atoms with van der Waals surface area (Å²) in [6, 6.07) is 0. The lowest BCUT2D eigenvalue weighted by atomic mass is 9.88. The third kappa shape index (κ3) is 2.12. The number of hydrogen-bond donors (Lipinski definition) is 0. The molecular weight excluding hydrogens is 176 g/mol. The van der Waals surface area contributed by atoms with E-state index in [4.69, 9.17) is 9.47 Å². The normalized spacial score (nSPS) is 41.1. The van der Waals surface area contributed by atoms with Crippen molar-refractivity contribution >= 4 is 0 Å². The highest BCUT2D eigenvalue weighted by atomic mass is 16.6. The molecule has 1 unspecified atom stereocenters. The molecule has 0 radical (unpaired) electrons. The van der Waals surface area contributed by atoms with E-state index in [0.717, 1.165) is 18.8 Å². The average molecular weight is 198 g/mol. The van der Waals surface area contributed by atoms with Crippen molar-refractivity contribution in [1.29, 1.82) is 0 Å². The molecule has 0 aromatic carbocycles. The van der Waals surface area contributed by atoms with Crippen molar-refractivity contribution < 1.29 is 9.47 Å². The quantitative estimate of drug-likeness (QED) is 0.648. The van der Waals surface area contributed by atoms with Gasteiger partial charge in [0.2, 0.25) is 0 Å². The summed E-state index contributed by atoms with van der Waals surface area (Å²) in [5, 5.41) is 0. The first-order chi connectivity index (χ1) is 6.74. The van der Waals surface area contributed by atoms with Crippen LogP contribution in [0.3, 0.4) is 0 Å². The van der Waals surface area contributed by atoms with Crippen LogP contribution < -0.4 is 0 Å². The van der Waals surface area contributed by atoms with Gasteiger partial charge in [0.05, 0.1) is 18.3 Å². The summed E-state index contributed by atoms with van der Waals surface area (Å²) in [5.74, 6) is 0.776. The van der Waals surface area contributed by atoms with Crippen molar-refractivity contribution in [3.05, 3.63) is 0 Å². The van der Waals surface area contributed by atoms with Crippen LogP contribution in [0, 0.1) is 5.92 Å².